The highest BCUT2D eigenvalue weighted by molar-refractivity contribution is 6.06. The number of alkyl halides is 3. The van der Waals surface area contributed by atoms with Gasteiger partial charge in [0, 0.05) is 49.8 Å². The fourth-order valence-electron chi connectivity index (χ4n) is 5.47. The summed E-state index contributed by atoms with van der Waals surface area (Å²) in [6.45, 7) is 9.65. The zero-order valence-corrected chi connectivity index (χ0v) is 23.7. The highest BCUT2D eigenvalue weighted by Crippen LogP contribution is 2.40. The van der Waals surface area contributed by atoms with Crippen LogP contribution in [-0.2, 0) is 29.2 Å². The van der Waals surface area contributed by atoms with Gasteiger partial charge in [-0.05, 0) is 70.0 Å². The summed E-state index contributed by atoms with van der Waals surface area (Å²) in [5.41, 5.74) is 2.15. The number of halogens is 3. The third-order valence-corrected chi connectivity index (χ3v) is 7.78. The summed E-state index contributed by atoms with van der Waals surface area (Å²) in [6, 6.07) is 11.2. The molecule has 11 heteroatoms. The van der Waals surface area contributed by atoms with Gasteiger partial charge in [-0.2, -0.15) is 13.2 Å². The van der Waals surface area contributed by atoms with E-state index in [-0.39, 0.29) is 30.4 Å². The number of hydrogen-bond acceptors (Lipinski definition) is 7. The van der Waals surface area contributed by atoms with Crippen LogP contribution in [0.5, 0.6) is 5.75 Å². The molecular weight excluding hydrogens is 533 g/mol. The Labute approximate surface area is 237 Å². The Bertz CT molecular complexity index is 1430. The fourth-order valence-corrected chi connectivity index (χ4v) is 5.47. The quantitative estimate of drug-likeness (QED) is 0.376. The van der Waals surface area contributed by atoms with Gasteiger partial charge >= 0.3 is 6.18 Å². The van der Waals surface area contributed by atoms with Gasteiger partial charge in [-0.3, -0.25) is 4.79 Å². The Kier molecular flexibility index (Phi) is 7.83. The molecule has 0 bridgehead atoms. The molecule has 5 rings (SSSR count). The van der Waals surface area contributed by atoms with E-state index in [0.717, 1.165) is 49.2 Å². The lowest BCUT2D eigenvalue weighted by Crippen LogP contribution is -2.44. The van der Waals surface area contributed by atoms with Crippen molar-refractivity contribution in [2.75, 3.05) is 55.4 Å². The number of fused-ring (bicyclic) bond motifs is 1. The van der Waals surface area contributed by atoms with Crippen LogP contribution in [0.15, 0.2) is 42.6 Å². The number of carbonyl (C=O) groups is 1. The maximum atomic E-state index is 14.0. The van der Waals surface area contributed by atoms with Crippen molar-refractivity contribution >= 4 is 28.9 Å². The minimum atomic E-state index is -4.61. The van der Waals surface area contributed by atoms with Crippen molar-refractivity contribution in [1.82, 2.24) is 14.9 Å². The summed E-state index contributed by atoms with van der Waals surface area (Å²) in [4.78, 5) is 25.4. The van der Waals surface area contributed by atoms with Crippen molar-refractivity contribution in [3.63, 3.8) is 0 Å². The van der Waals surface area contributed by atoms with Gasteiger partial charge in [0.25, 0.3) is 0 Å². The molecular formula is C30H35F3N6O2. The number of ether oxygens (including phenoxy) is 1. The van der Waals surface area contributed by atoms with Gasteiger partial charge in [-0.15, -0.1) is 0 Å². The van der Waals surface area contributed by atoms with Crippen molar-refractivity contribution in [3.05, 3.63) is 65.0 Å². The van der Waals surface area contributed by atoms with E-state index < -0.39 is 17.2 Å². The number of aryl methyl sites for hydroxylation is 2. The molecule has 3 heterocycles. The highest BCUT2D eigenvalue weighted by atomic mass is 19.4. The summed E-state index contributed by atoms with van der Waals surface area (Å²) >= 11 is 0. The first kappa shape index (κ1) is 28.7. The van der Waals surface area contributed by atoms with Crippen LogP contribution in [0, 0.1) is 0 Å². The SMILES string of the molecule is CCOc1cc(N2CCN(C)CC2)ccc1Nc1ncc(C(F)(F)F)c(CCc2cccc3c2C(C)(C)C(=O)N3)n1. The lowest BCUT2D eigenvalue weighted by molar-refractivity contribution is -0.138. The zero-order valence-electron chi connectivity index (χ0n) is 23.7. The van der Waals surface area contributed by atoms with Gasteiger partial charge < -0.3 is 25.2 Å². The van der Waals surface area contributed by atoms with Crippen LogP contribution in [0.2, 0.25) is 0 Å². The first-order valence-electron chi connectivity index (χ1n) is 13.8. The van der Waals surface area contributed by atoms with Crippen molar-refractivity contribution in [3.8, 4) is 5.75 Å². The van der Waals surface area contributed by atoms with Crippen molar-refractivity contribution in [2.24, 2.45) is 0 Å². The number of nitrogens with zero attached hydrogens (tertiary/aromatic N) is 4. The molecule has 218 valence electrons. The van der Waals surface area contributed by atoms with Gasteiger partial charge in [0.15, 0.2) is 0 Å². The van der Waals surface area contributed by atoms with Crippen LogP contribution in [0.1, 0.15) is 43.2 Å². The van der Waals surface area contributed by atoms with Gasteiger partial charge in [-0.25, -0.2) is 9.97 Å². The molecule has 3 aromatic rings. The lowest BCUT2D eigenvalue weighted by Gasteiger charge is -2.34. The zero-order chi connectivity index (χ0) is 29.4. The average Bonchev–Trinajstić information content (AvgIpc) is 3.16. The van der Waals surface area contributed by atoms with Crippen LogP contribution >= 0.6 is 0 Å². The van der Waals surface area contributed by atoms with Crippen LogP contribution in [-0.4, -0.2) is 60.6 Å². The minimum absolute atomic E-state index is 0.0213. The second kappa shape index (κ2) is 11.2. The third kappa shape index (κ3) is 5.95. The predicted octanol–water partition coefficient (Wildman–Crippen LogP) is 5.40. The Morgan fingerprint density at radius 2 is 1.85 bits per heavy atom. The smallest absolute Gasteiger partial charge is 0.419 e. The maximum Gasteiger partial charge on any atom is 0.419 e. The molecule has 8 nitrogen and oxygen atoms in total. The molecule has 1 saturated heterocycles. The molecule has 1 fully saturated rings. The first-order chi connectivity index (χ1) is 19.5. The molecule has 0 aliphatic carbocycles. The standard InChI is InChI=1S/C30H35F3N6O2/c1-5-41-25-17-20(39-15-13-38(4)14-16-39)10-12-23(25)37-28-34-18-21(30(31,32)33)22(36-28)11-9-19-7-6-8-24-26(19)29(2,3)27(40)35-24/h6-8,10,12,17-18H,5,9,11,13-16H2,1-4H3,(H,35,40)(H,34,36,37). The number of piperazine rings is 1. The minimum Gasteiger partial charge on any atom is -0.492 e. The molecule has 0 atom stereocenters. The Morgan fingerprint density at radius 1 is 1.10 bits per heavy atom. The Hall–Kier alpha value is -3.86. The molecule has 1 aromatic heterocycles. The summed E-state index contributed by atoms with van der Waals surface area (Å²) in [6.07, 6.45) is -3.48. The number of anilines is 4. The average molecular weight is 569 g/mol. The molecule has 2 aliphatic heterocycles. The van der Waals surface area contributed by atoms with E-state index in [4.69, 9.17) is 4.74 Å². The van der Waals surface area contributed by atoms with E-state index in [9.17, 15) is 18.0 Å². The maximum absolute atomic E-state index is 14.0. The van der Waals surface area contributed by atoms with E-state index in [1.165, 1.54) is 0 Å². The summed E-state index contributed by atoms with van der Waals surface area (Å²) in [5, 5.41) is 5.95. The Morgan fingerprint density at radius 3 is 2.56 bits per heavy atom. The fraction of sp³-hybridized carbons (Fsp3) is 0.433. The second-order valence-electron chi connectivity index (χ2n) is 11.0. The number of aromatic nitrogens is 2. The lowest BCUT2D eigenvalue weighted by atomic mass is 9.82. The number of carbonyl (C=O) groups excluding carboxylic acids is 1. The Balaban J connectivity index is 1.41. The summed E-state index contributed by atoms with van der Waals surface area (Å²) in [7, 11) is 2.10. The predicted molar refractivity (Wildman–Crippen MR) is 153 cm³/mol. The number of likely N-dealkylation sites (N-methyl/N-ethyl adjacent to an activating group) is 1. The molecule has 0 unspecified atom stereocenters. The van der Waals surface area contributed by atoms with Gasteiger partial charge in [0.05, 0.1) is 29.0 Å². The second-order valence-corrected chi connectivity index (χ2v) is 11.0. The molecule has 1 amide bonds. The van der Waals surface area contributed by atoms with Crippen LogP contribution < -0.4 is 20.3 Å². The molecule has 0 saturated carbocycles. The van der Waals surface area contributed by atoms with E-state index in [1.54, 1.807) is 6.07 Å². The molecule has 2 aliphatic rings. The van der Waals surface area contributed by atoms with Crippen LogP contribution in [0.25, 0.3) is 0 Å². The molecule has 0 spiro atoms. The van der Waals surface area contributed by atoms with Crippen molar-refractivity contribution in [1.29, 1.82) is 0 Å². The monoisotopic (exact) mass is 568 g/mol. The van der Waals surface area contributed by atoms with E-state index >= 15 is 0 Å². The first-order valence-corrected chi connectivity index (χ1v) is 13.8. The number of rotatable bonds is 8. The summed E-state index contributed by atoms with van der Waals surface area (Å²) in [5.74, 6) is 0.498. The van der Waals surface area contributed by atoms with E-state index in [1.807, 2.05) is 51.1 Å². The van der Waals surface area contributed by atoms with E-state index in [2.05, 4.69) is 37.4 Å². The van der Waals surface area contributed by atoms with Gasteiger partial charge in [0.2, 0.25) is 11.9 Å². The number of hydrogen-bond donors (Lipinski definition) is 2. The number of nitrogens with one attached hydrogen (secondary N) is 2. The van der Waals surface area contributed by atoms with E-state index in [0.29, 0.717) is 23.7 Å². The highest BCUT2D eigenvalue weighted by Gasteiger charge is 2.40. The van der Waals surface area contributed by atoms with Crippen LogP contribution in [0.4, 0.5) is 36.2 Å². The van der Waals surface area contributed by atoms with Crippen molar-refractivity contribution in [2.45, 2.75) is 45.2 Å². The number of amides is 1. The summed E-state index contributed by atoms with van der Waals surface area (Å²) < 4.78 is 47.7. The third-order valence-electron chi connectivity index (χ3n) is 7.78. The molecule has 2 N–H and O–H groups in total. The molecule has 0 radical (unpaired) electrons. The largest absolute Gasteiger partial charge is 0.492 e. The topological polar surface area (TPSA) is 82.6 Å². The van der Waals surface area contributed by atoms with Crippen molar-refractivity contribution < 1.29 is 22.7 Å². The van der Waals surface area contributed by atoms with Gasteiger partial charge in [0.1, 0.15) is 5.75 Å². The normalized spacial score (nSPS) is 16.9. The van der Waals surface area contributed by atoms with Crippen LogP contribution in [0.3, 0.4) is 0 Å². The molecule has 2 aromatic carbocycles. The molecule has 41 heavy (non-hydrogen) atoms. The van der Waals surface area contributed by atoms with Gasteiger partial charge in [-0.1, -0.05) is 12.1 Å². The number of benzene rings is 2.